The van der Waals surface area contributed by atoms with Crippen LogP contribution in [0.15, 0.2) is 42.5 Å². The minimum Gasteiger partial charge on any atom is -0.352 e. The van der Waals surface area contributed by atoms with E-state index >= 15 is 0 Å². The molecule has 7 nitrogen and oxygen atoms in total. The fourth-order valence-corrected chi connectivity index (χ4v) is 5.23. The number of anilines is 1. The lowest BCUT2D eigenvalue weighted by atomic mass is 10.1. The van der Waals surface area contributed by atoms with Crippen molar-refractivity contribution < 1.29 is 18.0 Å². The SMILES string of the molecule is CCC(C(=O)NC(C)C)N(Cc1ccc(Cl)cc1)C(=O)CCCN(c1cc(Cl)ccc1C)S(C)(=O)=O. The molecule has 0 spiro atoms. The van der Waals surface area contributed by atoms with Crippen LogP contribution in [0.5, 0.6) is 0 Å². The van der Waals surface area contributed by atoms with Crippen molar-refractivity contribution in [2.24, 2.45) is 0 Å². The van der Waals surface area contributed by atoms with E-state index in [1.54, 1.807) is 35.2 Å². The fraction of sp³-hybridized carbons (Fsp3) is 0.462. The molecule has 198 valence electrons. The van der Waals surface area contributed by atoms with Crippen LogP contribution in [-0.2, 0) is 26.2 Å². The normalized spacial score (nSPS) is 12.3. The summed E-state index contributed by atoms with van der Waals surface area (Å²) in [6.45, 7) is 7.75. The molecule has 0 aliphatic carbocycles. The van der Waals surface area contributed by atoms with Gasteiger partial charge in [-0.1, -0.05) is 48.3 Å². The molecule has 0 fully saturated rings. The Kier molecular flexibility index (Phi) is 11.1. The average Bonchev–Trinajstić information content (AvgIpc) is 2.78. The quantitative estimate of drug-likeness (QED) is 0.391. The molecule has 2 amide bonds. The number of hydrogen-bond donors (Lipinski definition) is 1. The molecule has 0 saturated carbocycles. The minimum absolute atomic E-state index is 0.0664. The molecule has 0 aromatic heterocycles. The van der Waals surface area contributed by atoms with E-state index in [0.29, 0.717) is 22.2 Å². The summed E-state index contributed by atoms with van der Waals surface area (Å²) < 4.78 is 26.4. The summed E-state index contributed by atoms with van der Waals surface area (Å²) in [7, 11) is -3.60. The Bertz CT molecular complexity index is 1150. The molecule has 2 aromatic rings. The Labute approximate surface area is 224 Å². The van der Waals surface area contributed by atoms with E-state index in [1.165, 1.54) is 4.31 Å². The first-order valence-corrected chi connectivity index (χ1v) is 14.5. The first-order valence-electron chi connectivity index (χ1n) is 11.9. The summed E-state index contributed by atoms with van der Waals surface area (Å²) in [5.41, 5.74) is 2.09. The summed E-state index contributed by atoms with van der Waals surface area (Å²) >= 11 is 12.1. The second-order valence-corrected chi connectivity index (χ2v) is 11.9. The van der Waals surface area contributed by atoms with E-state index in [1.807, 2.05) is 39.8 Å². The van der Waals surface area contributed by atoms with Crippen molar-refractivity contribution in [1.29, 1.82) is 0 Å². The molecule has 1 unspecified atom stereocenters. The smallest absolute Gasteiger partial charge is 0.243 e. The average molecular weight is 557 g/mol. The van der Waals surface area contributed by atoms with Crippen molar-refractivity contribution in [3.8, 4) is 0 Å². The molecule has 2 rings (SSSR count). The number of nitrogens with zero attached hydrogens (tertiary/aromatic N) is 2. The number of sulfonamides is 1. The van der Waals surface area contributed by atoms with Crippen LogP contribution in [0, 0.1) is 6.92 Å². The zero-order valence-corrected chi connectivity index (χ0v) is 23.8. The Morgan fingerprint density at radius 1 is 1.03 bits per heavy atom. The third-order valence-electron chi connectivity index (χ3n) is 5.68. The summed E-state index contributed by atoms with van der Waals surface area (Å²) in [5, 5.41) is 3.91. The van der Waals surface area contributed by atoms with E-state index in [4.69, 9.17) is 23.2 Å². The van der Waals surface area contributed by atoms with Gasteiger partial charge < -0.3 is 10.2 Å². The highest BCUT2D eigenvalue weighted by Crippen LogP contribution is 2.27. The largest absolute Gasteiger partial charge is 0.352 e. The van der Waals surface area contributed by atoms with Gasteiger partial charge in [0.1, 0.15) is 6.04 Å². The first kappa shape index (κ1) is 29.9. The molecule has 1 atom stereocenters. The van der Waals surface area contributed by atoms with Crippen molar-refractivity contribution >= 4 is 50.7 Å². The lowest BCUT2D eigenvalue weighted by molar-refractivity contribution is -0.141. The van der Waals surface area contributed by atoms with Gasteiger partial charge in [-0.25, -0.2) is 8.42 Å². The third kappa shape index (κ3) is 8.68. The number of aryl methyl sites for hydroxylation is 1. The first-order chi connectivity index (χ1) is 16.8. The van der Waals surface area contributed by atoms with Gasteiger partial charge in [0.25, 0.3) is 0 Å². The highest BCUT2D eigenvalue weighted by molar-refractivity contribution is 7.92. The second kappa shape index (κ2) is 13.3. The van der Waals surface area contributed by atoms with Gasteiger partial charge in [-0.15, -0.1) is 0 Å². The van der Waals surface area contributed by atoms with Gasteiger partial charge in [-0.05, 0) is 69.0 Å². The molecule has 1 N–H and O–H groups in total. The predicted octanol–water partition coefficient (Wildman–Crippen LogP) is 5.18. The van der Waals surface area contributed by atoms with Crippen LogP contribution in [0.2, 0.25) is 10.0 Å². The Hall–Kier alpha value is -2.29. The van der Waals surface area contributed by atoms with E-state index < -0.39 is 16.1 Å². The maximum atomic E-state index is 13.4. The van der Waals surface area contributed by atoms with E-state index in [0.717, 1.165) is 17.4 Å². The van der Waals surface area contributed by atoms with E-state index in [-0.39, 0.29) is 43.8 Å². The predicted molar refractivity (Wildman–Crippen MR) is 147 cm³/mol. The highest BCUT2D eigenvalue weighted by atomic mass is 35.5. The number of carbonyl (C=O) groups excluding carboxylic acids is 2. The molecular weight excluding hydrogens is 521 g/mol. The molecule has 0 bridgehead atoms. The van der Waals surface area contributed by atoms with Crippen LogP contribution in [0.4, 0.5) is 5.69 Å². The number of halogens is 2. The second-order valence-electron chi connectivity index (χ2n) is 9.10. The van der Waals surface area contributed by atoms with Crippen LogP contribution in [0.25, 0.3) is 0 Å². The molecule has 2 aromatic carbocycles. The van der Waals surface area contributed by atoms with Crippen molar-refractivity contribution in [3.63, 3.8) is 0 Å². The molecular formula is C26H35Cl2N3O4S. The van der Waals surface area contributed by atoms with Crippen molar-refractivity contribution in [1.82, 2.24) is 10.2 Å². The summed E-state index contributed by atoms with van der Waals surface area (Å²) in [6, 6.07) is 11.5. The molecule has 10 heteroatoms. The van der Waals surface area contributed by atoms with E-state index in [2.05, 4.69) is 5.32 Å². The maximum Gasteiger partial charge on any atom is 0.243 e. The monoisotopic (exact) mass is 555 g/mol. The van der Waals surface area contributed by atoms with Gasteiger partial charge in [-0.2, -0.15) is 0 Å². The Balaban J connectivity index is 2.24. The zero-order chi connectivity index (χ0) is 27.0. The minimum atomic E-state index is -3.60. The van der Waals surface area contributed by atoms with Crippen molar-refractivity contribution in [3.05, 3.63) is 63.6 Å². The number of benzene rings is 2. The molecule has 0 saturated heterocycles. The van der Waals surface area contributed by atoms with Crippen LogP contribution in [0.3, 0.4) is 0 Å². The van der Waals surface area contributed by atoms with Gasteiger partial charge in [0.2, 0.25) is 21.8 Å². The summed E-state index contributed by atoms with van der Waals surface area (Å²) in [6.07, 6.45) is 1.92. The molecule has 0 aliphatic rings. The highest BCUT2D eigenvalue weighted by Gasteiger charge is 2.29. The van der Waals surface area contributed by atoms with Crippen LogP contribution < -0.4 is 9.62 Å². The summed E-state index contributed by atoms with van der Waals surface area (Å²) in [5.74, 6) is -0.450. The number of nitrogens with one attached hydrogen (secondary N) is 1. The topological polar surface area (TPSA) is 86.8 Å². The number of hydrogen-bond acceptors (Lipinski definition) is 4. The lowest BCUT2D eigenvalue weighted by Gasteiger charge is -2.31. The fourth-order valence-electron chi connectivity index (χ4n) is 3.92. The molecule has 0 aliphatic heterocycles. The van der Waals surface area contributed by atoms with Crippen molar-refractivity contribution in [2.75, 3.05) is 17.1 Å². The number of carbonyl (C=O) groups is 2. The Morgan fingerprint density at radius 3 is 2.19 bits per heavy atom. The van der Waals surface area contributed by atoms with Gasteiger partial charge >= 0.3 is 0 Å². The zero-order valence-electron chi connectivity index (χ0n) is 21.4. The van der Waals surface area contributed by atoms with Gasteiger partial charge in [0.05, 0.1) is 11.9 Å². The maximum absolute atomic E-state index is 13.4. The Morgan fingerprint density at radius 2 is 1.64 bits per heavy atom. The van der Waals surface area contributed by atoms with Gasteiger partial charge in [0, 0.05) is 35.6 Å². The lowest BCUT2D eigenvalue weighted by Crippen LogP contribution is -2.50. The molecule has 0 heterocycles. The van der Waals surface area contributed by atoms with Gasteiger partial charge in [0.15, 0.2) is 0 Å². The number of rotatable bonds is 12. The van der Waals surface area contributed by atoms with Crippen LogP contribution in [0.1, 0.15) is 51.2 Å². The third-order valence-corrected chi connectivity index (χ3v) is 7.34. The van der Waals surface area contributed by atoms with Crippen LogP contribution >= 0.6 is 23.2 Å². The molecule has 36 heavy (non-hydrogen) atoms. The number of amides is 2. The standard InChI is InChI=1S/C26H35Cl2N3O4S/c1-6-23(26(33)29-18(2)3)30(17-20-10-13-21(27)14-11-20)25(32)8-7-15-31(36(5,34)35)24-16-22(28)12-9-19(24)4/h9-14,16,18,23H,6-8,15,17H2,1-5H3,(H,29,33). The van der Waals surface area contributed by atoms with Gasteiger partial charge in [-0.3, -0.25) is 13.9 Å². The van der Waals surface area contributed by atoms with E-state index in [9.17, 15) is 18.0 Å². The molecule has 0 radical (unpaired) electrons. The van der Waals surface area contributed by atoms with Crippen molar-refractivity contribution in [2.45, 2.75) is 65.6 Å². The summed E-state index contributed by atoms with van der Waals surface area (Å²) in [4.78, 5) is 27.9. The van der Waals surface area contributed by atoms with Crippen LogP contribution in [-0.4, -0.2) is 50.0 Å².